The van der Waals surface area contributed by atoms with Crippen LogP contribution in [0.1, 0.15) is 44.7 Å². The van der Waals surface area contributed by atoms with Crippen molar-refractivity contribution in [3.63, 3.8) is 0 Å². The lowest BCUT2D eigenvalue weighted by molar-refractivity contribution is 0.438. The zero-order valence-electron chi connectivity index (χ0n) is 11.0. The predicted octanol–water partition coefficient (Wildman–Crippen LogP) is 3.33. The molecule has 2 nitrogen and oxygen atoms in total. The number of benzene rings is 1. The molecule has 2 N–H and O–H groups in total. The molecule has 17 heavy (non-hydrogen) atoms. The summed E-state index contributed by atoms with van der Waals surface area (Å²) in [5.41, 5.74) is 8.63. The maximum atomic E-state index is 6.03. The van der Waals surface area contributed by atoms with Crippen molar-refractivity contribution >= 4 is 5.69 Å². The van der Waals surface area contributed by atoms with Gasteiger partial charge in [0.05, 0.1) is 0 Å². The first kappa shape index (κ1) is 12.4. The topological polar surface area (TPSA) is 29.3 Å². The van der Waals surface area contributed by atoms with Gasteiger partial charge < -0.3 is 10.6 Å². The Morgan fingerprint density at radius 3 is 2.35 bits per heavy atom. The molecule has 94 valence electrons. The number of hydrogen-bond donors (Lipinski definition) is 1. The molecule has 2 rings (SSSR count). The third-order valence-corrected chi connectivity index (χ3v) is 3.91. The molecule has 0 aromatic heterocycles. The van der Waals surface area contributed by atoms with Crippen molar-refractivity contribution in [1.82, 2.24) is 0 Å². The van der Waals surface area contributed by atoms with Gasteiger partial charge in [-0.25, -0.2) is 0 Å². The maximum Gasteiger partial charge on any atom is 0.0366 e. The molecule has 1 fully saturated rings. The summed E-state index contributed by atoms with van der Waals surface area (Å²) in [6.07, 6.45) is 3.63. The highest BCUT2D eigenvalue weighted by atomic mass is 15.1. The number of nitrogens with zero attached hydrogens (tertiary/aromatic N) is 1. The molecule has 1 aliphatic rings. The van der Waals surface area contributed by atoms with Gasteiger partial charge in [-0.3, -0.25) is 0 Å². The highest BCUT2D eigenvalue weighted by Gasteiger charge is 2.15. The summed E-state index contributed by atoms with van der Waals surface area (Å²) in [6, 6.07) is 9.00. The Hall–Kier alpha value is -1.02. The minimum Gasteiger partial charge on any atom is -0.372 e. The molecule has 1 heterocycles. The summed E-state index contributed by atoms with van der Waals surface area (Å²) in [5, 5.41) is 0. The van der Waals surface area contributed by atoms with E-state index in [1.807, 2.05) is 0 Å². The average molecular weight is 232 g/mol. The zero-order chi connectivity index (χ0) is 12.3. The molecule has 1 saturated heterocycles. The Labute approximate surface area is 105 Å². The first-order valence-electron chi connectivity index (χ1n) is 6.81. The number of nitrogens with two attached hydrogens (primary N) is 1. The molecule has 1 atom stereocenters. The number of hydrogen-bond acceptors (Lipinski definition) is 2. The standard InChI is InChI=1S/C15H24N2/c1-3-15(16)13-4-6-14(7-5-13)17-10-8-12(2)9-11-17/h4-7,12,15H,3,8-11,16H2,1-2H3/t15-/m1/s1. The molecule has 0 bridgehead atoms. The molecule has 0 unspecified atom stereocenters. The molecule has 0 aliphatic carbocycles. The number of anilines is 1. The summed E-state index contributed by atoms with van der Waals surface area (Å²) in [5.74, 6) is 0.888. The van der Waals surface area contributed by atoms with Gasteiger partial charge in [-0.1, -0.05) is 26.0 Å². The third-order valence-electron chi connectivity index (χ3n) is 3.91. The second kappa shape index (κ2) is 5.54. The van der Waals surface area contributed by atoms with E-state index < -0.39 is 0 Å². The minimum absolute atomic E-state index is 0.186. The van der Waals surface area contributed by atoms with E-state index in [9.17, 15) is 0 Å². The van der Waals surface area contributed by atoms with Crippen LogP contribution in [0.5, 0.6) is 0 Å². The van der Waals surface area contributed by atoms with Gasteiger partial charge in [0.15, 0.2) is 0 Å². The van der Waals surface area contributed by atoms with E-state index in [1.54, 1.807) is 0 Å². The molecule has 1 aliphatic heterocycles. The van der Waals surface area contributed by atoms with Crippen LogP contribution in [-0.4, -0.2) is 13.1 Å². The molecule has 0 saturated carbocycles. The summed E-state index contributed by atoms with van der Waals surface area (Å²) in [4.78, 5) is 2.49. The van der Waals surface area contributed by atoms with Crippen LogP contribution in [0.3, 0.4) is 0 Å². The summed E-state index contributed by atoms with van der Waals surface area (Å²) < 4.78 is 0. The fourth-order valence-corrected chi connectivity index (χ4v) is 2.43. The Balaban J connectivity index is 2.02. The van der Waals surface area contributed by atoms with Crippen molar-refractivity contribution in [2.45, 2.75) is 39.2 Å². The lowest BCUT2D eigenvalue weighted by Gasteiger charge is -2.32. The average Bonchev–Trinajstić information content (AvgIpc) is 2.39. The number of rotatable bonds is 3. The van der Waals surface area contributed by atoms with Crippen LogP contribution in [-0.2, 0) is 0 Å². The normalized spacial score (nSPS) is 19.4. The van der Waals surface area contributed by atoms with Crippen molar-refractivity contribution in [3.05, 3.63) is 29.8 Å². The van der Waals surface area contributed by atoms with E-state index in [4.69, 9.17) is 5.73 Å². The van der Waals surface area contributed by atoms with E-state index >= 15 is 0 Å². The summed E-state index contributed by atoms with van der Waals surface area (Å²) in [7, 11) is 0. The molecule has 0 spiro atoms. The van der Waals surface area contributed by atoms with Crippen molar-refractivity contribution in [2.75, 3.05) is 18.0 Å². The van der Waals surface area contributed by atoms with Crippen LogP contribution < -0.4 is 10.6 Å². The SMILES string of the molecule is CC[C@@H](N)c1ccc(N2CCC(C)CC2)cc1. The van der Waals surface area contributed by atoms with E-state index in [-0.39, 0.29) is 6.04 Å². The summed E-state index contributed by atoms with van der Waals surface area (Å²) in [6.45, 7) is 6.87. The van der Waals surface area contributed by atoms with Gasteiger partial charge in [0.25, 0.3) is 0 Å². The molecule has 0 radical (unpaired) electrons. The van der Waals surface area contributed by atoms with Gasteiger partial charge in [-0.2, -0.15) is 0 Å². The van der Waals surface area contributed by atoms with Crippen LogP contribution in [0, 0.1) is 5.92 Å². The monoisotopic (exact) mass is 232 g/mol. The molecular weight excluding hydrogens is 208 g/mol. The van der Waals surface area contributed by atoms with Crippen molar-refractivity contribution in [1.29, 1.82) is 0 Å². The zero-order valence-corrected chi connectivity index (χ0v) is 11.0. The quantitative estimate of drug-likeness (QED) is 0.866. The van der Waals surface area contributed by atoms with E-state index in [1.165, 1.54) is 37.2 Å². The molecule has 2 heteroatoms. The lowest BCUT2D eigenvalue weighted by Crippen LogP contribution is -2.32. The largest absolute Gasteiger partial charge is 0.372 e. The highest BCUT2D eigenvalue weighted by Crippen LogP contribution is 2.24. The van der Waals surface area contributed by atoms with E-state index in [2.05, 4.69) is 43.0 Å². The molecule has 1 aromatic carbocycles. The molecule has 0 amide bonds. The fraction of sp³-hybridized carbons (Fsp3) is 0.600. The molecular formula is C15H24N2. The highest BCUT2D eigenvalue weighted by molar-refractivity contribution is 5.48. The first-order chi connectivity index (χ1) is 8.20. The smallest absolute Gasteiger partial charge is 0.0366 e. The number of piperidine rings is 1. The van der Waals surface area contributed by atoms with Crippen LogP contribution >= 0.6 is 0 Å². The van der Waals surface area contributed by atoms with Crippen LogP contribution in [0.4, 0.5) is 5.69 Å². The molecule has 1 aromatic rings. The van der Waals surface area contributed by atoms with Crippen LogP contribution in [0.25, 0.3) is 0 Å². The lowest BCUT2D eigenvalue weighted by atomic mass is 9.98. The Kier molecular flexibility index (Phi) is 4.06. The fourth-order valence-electron chi connectivity index (χ4n) is 2.43. The predicted molar refractivity (Wildman–Crippen MR) is 74.3 cm³/mol. The van der Waals surface area contributed by atoms with Crippen molar-refractivity contribution in [3.8, 4) is 0 Å². The van der Waals surface area contributed by atoms with E-state index in [0.29, 0.717) is 0 Å². The van der Waals surface area contributed by atoms with Gasteiger partial charge in [-0.15, -0.1) is 0 Å². The Bertz CT molecular complexity index is 336. The van der Waals surface area contributed by atoms with Gasteiger partial charge in [0, 0.05) is 24.8 Å². The second-order valence-corrected chi connectivity index (χ2v) is 5.28. The summed E-state index contributed by atoms with van der Waals surface area (Å²) >= 11 is 0. The van der Waals surface area contributed by atoms with Gasteiger partial charge in [-0.05, 0) is 42.9 Å². The third kappa shape index (κ3) is 3.01. The first-order valence-corrected chi connectivity index (χ1v) is 6.81. The van der Waals surface area contributed by atoms with Gasteiger partial charge in [0.2, 0.25) is 0 Å². The van der Waals surface area contributed by atoms with Crippen LogP contribution in [0.15, 0.2) is 24.3 Å². The minimum atomic E-state index is 0.186. The van der Waals surface area contributed by atoms with Crippen molar-refractivity contribution < 1.29 is 0 Å². The Morgan fingerprint density at radius 2 is 1.82 bits per heavy atom. The maximum absolute atomic E-state index is 6.03. The van der Waals surface area contributed by atoms with Crippen molar-refractivity contribution in [2.24, 2.45) is 11.7 Å². The van der Waals surface area contributed by atoms with E-state index in [0.717, 1.165) is 12.3 Å². The van der Waals surface area contributed by atoms with Gasteiger partial charge in [0.1, 0.15) is 0 Å². The van der Waals surface area contributed by atoms with Crippen LogP contribution in [0.2, 0.25) is 0 Å². The second-order valence-electron chi connectivity index (χ2n) is 5.28. The Morgan fingerprint density at radius 1 is 1.24 bits per heavy atom. The van der Waals surface area contributed by atoms with Gasteiger partial charge >= 0.3 is 0 Å².